The summed E-state index contributed by atoms with van der Waals surface area (Å²) in [6.45, 7) is 6.67. The molecule has 1 heterocycles. The van der Waals surface area contributed by atoms with Crippen LogP contribution in [-0.4, -0.2) is 11.2 Å². The molecule has 3 aromatic rings. The zero-order valence-electron chi connectivity index (χ0n) is 17.6. The van der Waals surface area contributed by atoms with Crippen molar-refractivity contribution < 1.29 is 0 Å². The van der Waals surface area contributed by atoms with Gasteiger partial charge >= 0.3 is 0 Å². The fourth-order valence-corrected chi connectivity index (χ4v) is 4.50. The van der Waals surface area contributed by atoms with Crippen molar-refractivity contribution in [2.24, 2.45) is 4.99 Å². The fraction of sp³-hybridized carbons (Fsp3) is 0.269. The molecule has 0 fully saturated rings. The van der Waals surface area contributed by atoms with Crippen molar-refractivity contribution in [1.82, 2.24) is 4.68 Å². The van der Waals surface area contributed by atoms with Gasteiger partial charge < -0.3 is 0 Å². The van der Waals surface area contributed by atoms with Gasteiger partial charge in [-0.15, -0.1) is 11.3 Å². The first-order valence-corrected chi connectivity index (χ1v) is 11.6. The van der Waals surface area contributed by atoms with Gasteiger partial charge in [0.1, 0.15) is 0 Å². The third kappa shape index (κ3) is 5.00. The van der Waals surface area contributed by atoms with Crippen LogP contribution in [0.15, 0.2) is 88.9 Å². The van der Waals surface area contributed by atoms with E-state index in [0.717, 1.165) is 28.9 Å². The molecule has 0 saturated carbocycles. The number of nitrogens with zero attached hydrogens (tertiary/aromatic N) is 2. The molecule has 3 nitrogen and oxygen atoms in total. The zero-order chi connectivity index (χ0) is 20.8. The summed E-state index contributed by atoms with van der Waals surface area (Å²) in [4.78, 5) is 5.78. The molecule has 4 rings (SSSR count). The highest BCUT2D eigenvalue weighted by Crippen LogP contribution is 2.25. The topological polar surface area (TPSA) is 29.3 Å². The molecule has 1 aromatic heterocycles. The monoisotopic (exact) mass is 415 g/mol. The predicted molar refractivity (Wildman–Crippen MR) is 129 cm³/mol. The number of nitrogens with one attached hydrogen (secondary N) is 1. The van der Waals surface area contributed by atoms with Crippen LogP contribution in [0.5, 0.6) is 0 Å². The van der Waals surface area contributed by atoms with E-state index < -0.39 is 0 Å². The molecule has 0 saturated heterocycles. The summed E-state index contributed by atoms with van der Waals surface area (Å²) < 4.78 is 2.16. The Morgan fingerprint density at radius 2 is 1.73 bits per heavy atom. The van der Waals surface area contributed by atoms with E-state index in [-0.39, 0.29) is 0 Å². The van der Waals surface area contributed by atoms with Crippen molar-refractivity contribution in [1.29, 1.82) is 0 Å². The Labute approximate surface area is 183 Å². The van der Waals surface area contributed by atoms with Crippen LogP contribution in [0.3, 0.4) is 0 Å². The van der Waals surface area contributed by atoms with Gasteiger partial charge in [0.2, 0.25) is 4.80 Å². The minimum absolute atomic E-state index is 0.646. The van der Waals surface area contributed by atoms with E-state index >= 15 is 0 Å². The van der Waals surface area contributed by atoms with Crippen molar-refractivity contribution in [3.8, 4) is 22.4 Å². The summed E-state index contributed by atoms with van der Waals surface area (Å²) in [6.07, 6.45) is 8.41. The number of hydrogen-bond acceptors (Lipinski definition) is 3. The highest BCUT2D eigenvalue weighted by Gasteiger charge is 2.11. The molecule has 0 amide bonds. The van der Waals surface area contributed by atoms with Crippen LogP contribution >= 0.6 is 11.3 Å². The van der Waals surface area contributed by atoms with Crippen LogP contribution in [0, 0.1) is 0 Å². The van der Waals surface area contributed by atoms with Gasteiger partial charge in [-0.25, -0.2) is 4.68 Å². The largest absolute Gasteiger partial charge is 0.296 e. The first kappa shape index (κ1) is 20.4. The lowest BCUT2D eigenvalue weighted by Crippen LogP contribution is -2.26. The van der Waals surface area contributed by atoms with E-state index in [1.165, 1.54) is 41.6 Å². The van der Waals surface area contributed by atoms with Crippen LogP contribution in [0.4, 0.5) is 0 Å². The van der Waals surface area contributed by atoms with Crippen molar-refractivity contribution in [2.75, 3.05) is 12.0 Å². The van der Waals surface area contributed by atoms with Gasteiger partial charge in [0.15, 0.2) is 0 Å². The minimum Gasteiger partial charge on any atom is -0.296 e. The Hall–Kier alpha value is -2.85. The lowest BCUT2D eigenvalue weighted by atomic mass is 10.0. The third-order valence-corrected chi connectivity index (χ3v) is 6.14. The molecule has 0 aliphatic heterocycles. The summed E-state index contributed by atoms with van der Waals surface area (Å²) in [5.74, 6) is 0. The molecule has 1 N–H and O–H groups in total. The summed E-state index contributed by atoms with van der Waals surface area (Å²) in [5, 5.41) is 2.19. The van der Waals surface area contributed by atoms with E-state index in [9.17, 15) is 0 Å². The van der Waals surface area contributed by atoms with Crippen LogP contribution in [0.2, 0.25) is 0 Å². The maximum atomic E-state index is 4.80. The molecule has 2 aromatic carbocycles. The van der Waals surface area contributed by atoms with Crippen molar-refractivity contribution >= 4 is 11.3 Å². The van der Waals surface area contributed by atoms with Gasteiger partial charge in [0, 0.05) is 16.6 Å². The highest BCUT2D eigenvalue weighted by atomic mass is 32.1. The summed E-state index contributed by atoms with van der Waals surface area (Å²) >= 11 is 1.67. The van der Waals surface area contributed by atoms with E-state index in [4.69, 9.17) is 4.99 Å². The quantitative estimate of drug-likeness (QED) is 0.443. The van der Waals surface area contributed by atoms with Gasteiger partial charge in [0.05, 0.1) is 12.2 Å². The van der Waals surface area contributed by atoms with E-state index in [1.54, 1.807) is 11.3 Å². The van der Waals surface area contributed by atoms with Crippen LogP contribution in [0.1, 0.15) is 39.0 Å². The SMILES string of the molecule is C=C(C)CN=c1scc(-c2ccc(-c3ccccc3)cc2)n1NC1=CCCCCC1. The molecule has 4 heteroatoms. The molecule has 0 unspecified atom stereocenters. The smallest absolute Gasteiger partial charge is 0.204 e. The van der Waals surface area contributed by atoms with Gasteiger partial charge in [-0.1, -0.05) is 79.2 Å². The molecule has 154 valence electrons. The molecule has 0 bridgehead atoms. The lowest BCUT2D eigenvalue weighted by Gasteiger charge is -2.15. The average Bonchev–Trinajstić information content (AvgIpc) is 2.98. The van der Waals surface area contributed by atoms with Crippen LogP contribution < -0.4 is 10.2 Å². The minimum atomic E-state index is 0.646. The highest BCUT2D eigenvalue weighted by molar-refractivity contribution is 7.07. The number of aromatic nitrogens is 1. The Bertz CT molecular complexity index is 1090. The van der Waals surface area contributed by atoms with Crippen LogP contribution in [0.25, 0.3) is 22.4 Å². The Kier molecular flexibility index (Phi) is 6.65. The molecule has 1 aliphatic rings. The Morgan fingerprint density at radius 1 is 1.00 bits per heavy atom. The van der Waals surface area contributed by atoms with Gasteiger partial charge in [-0.2, -0.15) is 0 Å². The number of hydrogen-bond donors (Lipinski definition) is 1. The number of benzene rings is 2. The first-order chi connectivity index (χ1) is 14.7. The first-order valence-electron chi connectivity index (χ1n) is 10.7. The Morgan fingerprint density at radius 3 is 2.50 bits per heavy atom. The Balaban J connectivity index is 1.69. The van der Waals surface area contributed by atoms with Crippen molar-refractivity contribution in [3.05, 3.63) is 88.7 Å². The molecule has 0 spiro atoms. The molecule has 30 heavy (non-hydrogen) atoms. The number of thiazole rings is 1. The maximum absolute atomic E-state index is 4.80. The summed E-state index contributed by atoms with van der Waals surface area (Å²) in [5.41, 5.74) is 10.8. The van der Waals surface area contributed by atoms with Crippen molar-refractivity contribution in [2.45, 2.75) is 39.0 Å². The summed E-state index contributed by atoms with van der Waals surface area (Å²) in [6, 6.07) is 19.3. The van der Waals surface area contributed by atoms with E-state index in [1.807, 2.05) is 6.92 Å². The molecule has 1 aliphatic carbocycles. The third-order valence-electron chi connectivity index (χ3n) is 5.28. The normalized spacial score (nSPS) is 14.8. The number of allylic oxidation sites excluding steroid dienone is 2. The standard InChI is InChI=1S/C26H29N3S/c1-20(2)18-27-26-29(28-24-12-8-3-4-9-13-24)25(19-30-26)23-16-14-22(15-17-23)21-10-6-5-7-11-21/h5-7,10-12,14-17,19,28H,1,3-4,8-9,13,18H2,2H3. The molecule has 0 atom stereocenters. The van der Waals surface area contributed by atoms with Crippen molar-refractivity contribution in [3.63, 3.8) is 0 Å². The van der Waals surface area contributed by atoms with Crippen LogP contribution in [-0.2, 0) is 0 Å². The van der Waals surface area contributed by atoms with Gasteiger partial charge in [-0.05, 0) is 43.7 Å². The predicted octanol–water partition coefficient (Wildman–Crippen LogP) is 6.75. The maximum Gasteiger partial charge on any atom is 0.204 e. The molecular weight excluding hydrogens is 386 g/mol. The lowest BCUT2D eigenvalue weighted by molar-refractivity contribution is 0.704. The molecule has 0 radical (unpaired) electrons. The summed E-state index contributed by atoms with van der Waals surface area (Å²) in [7, 11) is 0. The average molecular weight is 416 g/mol. The second-order valence-electron chi connectivity index (χ2n) is 7.90. The second-order valence-corrected chi connectivity index (χ2v) is 8.73. The van der Waals surface area contributed by atoms with Gasteiger partial charge in [-0.3, -0.25) is 10.4 Å². The molecular formula is C26H29N3S. The number of rotatable bonds is 6. The van der Waals surface area contributed by atoms with E-state index in [0.29, 0.717) is 6.54 Å². The van der Waals surface area contributed by atoms with E-state index in [2.05, 4.69) is 82.7 Å². The fourth-order valence-electron chi connectivity index (χ4n) is 3.66. The zero-order valence-corrected chi connectivity index (χ0v) is 18.4. The second kappa shape index (κ2) is 9.77. The van der Waals surface area contributed by atoms with Gasteiger partial charge in [0.25, 0.3) is 0 Å².